The van der Waals surface area contributed by atoms with Crippen molar-refractivity contribution in [2.45, 2.75) is 45.7 Å². The number of benzene rings is 3. The molecular formula is C27H27Cl2N3O. The zero-order valence-corrected chi connectivity index (χ0v) is 20.5. The number of carbonyl (C=O) groups excluding carboxylic acids is 1. The predicted molar refractivity (Wildman–Crippen MR) is 136 cm³/mol. The minimum atomic E-state index is -0.0993. The second kappa shape index (κ2) is 9.98. The maximum atomic E-state index is 13.0. The van der Waals surface area contributed by atoms with Gasteiger partial charge in [0.25, 0.3) is 5.91 Å². The highest BCUT2D eigenvalue weighted by Crippen LogP contribution is 2.27. The molecule has 1 aromatic heterocycles. The van der Waals surface area contributed by atoms with Crippen LogP contribution in [0.15, 0.2) is 66.7 Å². The maximum Gasteiger partial charge on any atom is 0.251 e. The van der Waals surface area contributed by atoms with E-state index < -0.39 is 0 Å². The molecule has 4 rings (SSSR count). The van der Waals surface area contributed by atoms with E-state index in [-0.39, 0.29) is 17.9 Å². The van der Waals surface area contributed by atoms with Gasteiger partial charge in [-0.25, -0.2) is 4.98 Å². The van der Waals surface area contributed by atoms with Crippen molar-refractivity contribution in [3.63, 3.8) is 0 Å². The Morgan fingerprint density at radius 3 is 2.42 bits per heavy atom. The van der Waals surface area contributed by atoms with Crippen molar-refractivity contribution < 1.29 is 4.79 Å². The minimum Gasteiger partial charge on any atom is -0.345 e. The molecule has 1 N–H and O–H groups in total. The number of imidazole rings is 1. The number of hydrogen-bond donors (Lipinski definition) is 1. The van der Waals surface area contributed by atoms with Gasteiger partial charge in [-0.3, -0.25) is 4.79 Å². The number of hydrogen-bond acceptors (Lipinski definition) is 2. The molecule has 0 spiro atoms. The van der Waals surface area contributed by atoms with E-state index >= 15 is 0 Å². The Labute approximate surface area is 204 Å². The van der Waals surface area contributed by atoms with Crippen molar-refractivity contribution >= 4 is 40.1 Å². The summed E-state index contributed by atoms with van der Waals surface area (Å²) in [6, 6.07) is 21.4. The second-order valence-electron chi connectivity index (χ2n) is 8.51. The standard InChI is InChI=1S/C27H27Cl2N3O/c1-4-23(19-8-6-5-7-9-19)31-27(33)20-11-13-25-24(15-20)30-26(17(2)3)32(25)16-18-10-12-21(28)22(29)14-18/h5-15,17,23H,4,16H2,1-3H3,(H,31,33)/t23-/m0/s1. The first-order valence-corrected chi connectivity index (χ1v) is 11.9. The van der Waals surface area contributed by atoms with Crippen LogP contribution < -0.4 is 5.32 Å². The summed E-state index contributed by atoms with van der Waals surface area (Å²) in [5.74, 6) is 1.09. The first-order chi connectivity index (χ1) is 15.9. The molecule has 4 aromatic rings. The number of carbonyl (C=O) groups is 1. The van der Waals surface area contributed by atoms with Crippen LogP contribution in [0, 0.1) is 0 Å². The third-order valence-corrected chi connectivity index (χ3v) is 6.54. The summed E-state index contributed by atoms with van der Waals surface area (Å²) in [5, 5.41) is 4.23. The van der Waals surface area contributed by atoms with Crippen LogP contribution in [0.4, 0.5) is 0 Å². The number of amides is 1. The average Bonchev–Trinajstić information content (AvgIpc) is 3.18. The lowest BCUT2D eigenvalue weighted by Crippen LogP contribution is -2.28. The van der Waals surface area contributed by atoms with Crippen LogP contribution in [0.25, 0.3) is 11.0 Å². The Kier molecular flexibility index (Phi) is 7.06. The molecule has 0 saturated carbocycles. The lowest BCUT2D eigenvalue weighted by molar-refractivity contribution is 0.0935. The van der Waals surface area contributed by atoms with Gasteiger partial charge in [0.1, 0.15) is 5.82 Å². The van der Waals surface area contributed by atoms with Gasteiger partial charge < -0.3 is 9.88 Å². The summed E-state index contributed by atoms with van der Waals surface area (Å²) >= 11 is 12.3. The Hall–Kier alpha value is -2.82. The zero-order chi connectivity index (χ0) is 23.5. The quantitative estimate of drug-likeness (QED) is 0.300. The van der Waals surface area contributed by atoms with E-state index in [2.05, 4.69) is 30.7 Å². The van der Waals surface area contributed by atoms with Crippen LogP contribution in [0.3, 0.4) is 0 Å². The van der Waals surface area contributed by atoms with Crippen LogP contribution in [0.5, 0.6) is 0 Å². The Bertz CT molecular complexity index is 1280. The Morgan fingerprint density at radius 2 is 1.76 bits per heavy atom. The van der Waals surface area contributed by atoms with Gasteiger partial charge in [0.15, 0.2) is 0 Å². The molecule has 0 saturated heterocycles. The molecule has 0 aliphatic carbocycles. The predicted octanol–water partition coefficient (Wildman–Crippen LogP) is 7.40. The van der Waals surface area contributed by atoms with Crippen molar-refractivity contribution in [2.75, 3.05) is 0 Å². The van der Waals surface area contributed by atoms with Gasteiger partial charge in [-0.05, 0) is 47.9 Å². The van der Waals surface area contributed by atoms with Gasteiger partial charge in [-0.1, -0.05) is 80.4 Å². The molecule has 0 aliphatic rings. The van der Waals surface area contributed by atoms with Crippen LogP contribution in [0.2, 0.25) is 10.0 Å². The van der Waals surface area contributed by atoms with Gasteiger partial charge in [-0.2, -0.15) is 0 Å². The van der Waals surface area contributed by atoms with E-state index in [1.807, 2.05) is 66.7 Å². The third-order valence-electron chi connectivity index (χ3n) is 5.80. The molecule has 0 radical (unpaired) electrons. The number of nitrogens with zero attached hydrogens (tertiary/aromatic N) is 2. The highest BCUT2D eigenvalue weighted by atomic mass is 35.5. The monoisotopic (exact) mass is 479 g/mol. The van der Waals surface area contributed by atoms with E-state index in [1.54, 1.807) is 0 Å². The molecule has 4 nitrogen and oxygen atoms in total. The van der Waals surface area contributed by atoms with Crippen molar-refractivity contribution in [3.05, 3.63) is 99.3 Å². The summed E-state index contributed by atoms with van der Waals surface area (Å²) in [7, 11) is 0. The number of halogens is 2. The molecular weight excluding hydrogens is 453 g/mol. The van der Waals surface area contributed by atoms with E-state index in [0.29, 0.717) is 22.2 Å². The maximum absolute atomic E-state index is 13.0. The zero-order valence-electron chi connectivity index (χ0n) is 19.0. The smallest absolute Gasteiger partial charge is 0.251 e. The molecule has 6 heteroatoms. The summed E-state index contributed by atoms with van der Waals surface area (Å²) in [5.41, 5.74) is 4.53. The van der Waals surface area contributed by atoms with Gasteiger partial charge in [0.2, 0.25) is 0 Å². The molecule has 1 heterocycles. The number of aromatic nitrogens is 2. The van der Waals surface area contributed by atoms with Crippen LogP contribution in [-0.2, 0) is 6.54 Å². The Morgan fingerprint density at radius 1 is 1.00 bits per heavy atom. The molecule has 1 atom stereocenters. The van der Waals surface area contributed by atoms with Crippen molar-refractivity contribution in [2.24, 2.45) is 0 Å². The van der Waals surface area contributed by atoms with E-state index in [4.69, 9.17) is 28.2 Å². The molecule has 0 fully saturated rings. The molecule has 0 bridgehead atoms. The molecule has 0 aliphatic heterocycles. The minimum absolute atomic E-state index is 0.0344. The summed E-state index contributed by atoms with van der Waals surface area (Å²) in [6.07, 6.45) is 0.813. The lowest BCUT2D eigenvalue weighted by atomic mass is 10.0. The molecule has 3 aromatic carbocycles. The fourth-order valence-corrected chi connectivity index (χ4v) is 4.39. The van der Waals surface area contributed by atoms with Crippen LogP contribution in [0.1, 0.15) is 66.5 Å². The highest BCUT2D eigenvalue weighted by molar-refractivity contribution is 6.42. The topological polar surface area (TPSA) is 46.9 Å². The lowest BCUT2D eigenvalue weighted by Gasteiger charge is -2.17. The summed E-state index contributed by atoms with van der Waals surface area (Å²) in [4.78, 5) is 17.9. The number of rotatable bonds is 7. The van der Waals surface area contributed by atoms with Crippen LogP contribution in [-0.4, -0.2) is 15.5 Å². The van der Waals surface area contributed by atoms with Gasteiger partial charge >= 0.3 is 0 Å². The van der Waals surface area contributed by atoms with Crippen LogP contribution >= 0.6 is 23.2 Å². The largest absolute Gasteiger partial charge is 0.345 e. The van der Waals surface area contributed by atoms with Crippen molar-refractivity contribution in [1.29, 1.82) is 0 Å². The van der Waals surface area contributed by atoms with Crippen molar-refractivity contribution in [3.8, 4) is 0 Å². The van der Waals surface area contributed by atoms with E-state index in [1.165, 1.54) is 0 Å². The SMILES string of the molecule is CC[C@H](NC(=O)c1ccc2c(c1)nc(C(C)C)n2Cc1ccc(Cl)c(Cl)c1)c1ccccc1. The fraction of sp³-hybridized carbons (Fsp3) is 0.259. The second-order valence-corrected chi connectivity index (χ2v) is 9.32. The number of fused-ring (bicyclic) bond motifs is 1. The third kappa shape index (κ3) is 5.07. The molecule has 170 valence electrons. The molecule has 33 heavy (non-hydrogen) atoms. The van der Waals surface area contributed by atoms with Gasteiger partial charge in [0, 0.05) is 18.0 Å². The summed E-state index contributed by atoms with van der Waals surface area (Å²) in [6.45, 7) is 6.93. The normalized spacial score (nSPS) is 12.3. The first kappa shape index (κ1) is 23.3. The molecule has 0 unspecified atom stereocenters. The van der Waals surface area contributed by atoms with Gasteiger partial charge in [0.05, 0.1) is 27.1 Å². The van der Waals surface area contributed by atoms with Gasteiger partial charge in [-0.15, -0.1) is 0 Å². The number of nitrogens with one attached hydrogen (secondary N) is 1. The molecule has 1 amide bonds. The van der Waals surface area contributed by atoms with E-state index in [0.717, 1.165) is 34.4 Å². The fourth-order valence-electron chi connectivity index (χ4n) is 4.07. The highest BCUT2D eigenvalue weighted by Gasteiger charge is 2.18. The summed E-state index contributed by atoms with van der Waals surface area (Å²) < 4.78 is 2.18. The average molecular weight is 480 g/mol. The van der Waals surface area contributed by atoms with E-state index in [9.17, 15) is 4.79 Å². The van der Waals surface area contributed by atoms with Crippen molar-refractivity contribution in [1.82, 2.24) is 14.9 Å². The first-order valence-electron chi connectivity index (χ1n) is 11.2. The Balaban J connectivity index is 1.65.